The van der Waals surface area contributed by atoms with Crippen molar-refractivity contribution in [1.29, 1.82) is 0 Å². The maximum atomic E-state index is 11.1. The van der Waals surface area contributed by atoms with E-state index in [1.807, 2.05) is 26.8 Å². The minimum atomic E-state index is -0.249. The molecule has 0 aromatic heterocycles. The number of amides is 1. The monoisotopic (exact) mass is 227 g/mol. The van der Waals surface area contributed by atoms with Crippen molar-refractivity contribution in [2.45, 2.75) is 26.8 Å². The van der Waals surface area contributed by atoms with E-state index in [1.165, 1.54) is 6.08 Å². The van der Waals surface area contributed by atoms with Crippen LogP contribution >= 0.6 is 12.2 Å². The van der Waals surface area contributed by atoms with Gasteiger partial charge in [0, 0.05) is 12.1 Å². The summed E-state index contributed by atoms with van der Waals surface area (Å²) >= 11 is 4.91. The van der Waals surface area contributed by atoms with Gasteiger partial charge in [0.15, 0.2) is 5.11 Å². The molecule has 0 fully saturated rings. The third-order valence-electron chi connectivity index (χ3n) is 1.27. The van der Waals surface area contributed by atoms with E-state index < -0.39 is 0 Å². The molecule has 0 aromatic carbocycles. The number of carbonyl (C=O) groups is 1. The Morgan fingerprint density at radius 1 is 1.27 bits per heavy atom. The number of hydrazine groups is 1. The number of rotatable bonds is 3. The van der Waals surface area contributed by atoms with Crippen LogP contribution in [0, 0.1) is 0 Å². The summed E-state index contributed by atoms with van der Waals surface area (Å²) in [5, 5.41) is 3.33. The summed E-state index contributed by atoms with van der Waals surface area (Å²) in [6, 6.07) is 0.237. The molecule has 5 heteroatoms. The maximum Gasteiger partial charge on any atom is 0.262 e. The highest BCUT2D eigenvalue weighted by atomic mass is 32.1. The van der Waals surface area contributed by atoms with Gasteiger partial charge in [-0.3, -0.25) is 15.6 Å². The van der Waals surface area contributed by atoms with Crippen molar-refractivity contribution in [2.75, 3.05) is 0 Å². The van der Waals surface area contributed by atoms with Gasteiger partial charge in [-0.2, -0.15) is 0 Å². The minimum absolute atomic E-state index is 0.237. The fourth-order valence-corrected chi connectivity index (χ4v) is 0.999. The predicted molar refractivity (Wildman–Crippen MR) is 66.1 cm³/mol. The third kappa shape index (κ3) is 8.96. The fraction of sp³-hybridized carbons (Fsp3) is 0.400. The molecule has 0 unspecified atom stereocenters. The van der Waals surface area contributed by atoms with Gasteiger partial charge in [0.25, 0.3) is 5.91 Å². The van der Waals surface area contributed by atoms with Gasteiger partial charge in [0.2, 0.25) is 0 Å². The molecular weight excluding hydrogens is 210 g/mol. The number of hydrogen-bond acceptors (Lipinski definition) is 2. The number of hydrogen-bond donors (Lipinski definition) is 3. The molecule has 4 nitrogen and oxygen atoms in total. The van der Waals surface area contributed by atoms with Gasteiger partial charge in [0.05, 0.1) is 0 Å². The van der Waals surface area contributed by atoms with E-state index in [1.54, 1.807) is 12.2 Å². The van der Waals surface area contributed by atoms with E-state index in [2.05, 4.69) is 16.2 Å². The number of allylic oxidation sites excluding steroid dienone is 3. The lowest BCUT2D eigenvalue weighted by molar-refractivity contribution is -0.117. The summed E-state index contributed by atoms with van der Waals surface area (Å²) in [4.78, 5) is 11.1. The van der Waals surface area contributed by atoms with Crippen LogP contribution < -0.4 is 16.2 Å². The Morgan fingerprint density at radius 2 is 1.93 bits per heavy atom. The first-order valence-corrected chi connectivity index (χ1v) is 5.13. The van der Waals surface area contributed by atoms with E-state index in [9.17, 15) is 4.79 Å². The summed E-state index contributed by atoms with van der Waals surface area (Å²) in [6.07, 6.45) is 6.66. The first kappa shape index (κ1) is 13.6. The average molecular weight is 227 g/mol. The highest BCUT2D eigenvalue weighted by molar-refractivity contribution is 7.80. The Morgan fingerprint density at radius 3 is 2.47 bits per heavy atom. The molecule has 0 aliphatic heterocycles. The zero-order chi connectivity index (χ0) is 11.7. The number of carbonyl (C=O) groups excluding carboxylic acids is 1. The van der Waals surface area contributed by atoms with Crippen LogP contribution in [0.25, 0.3) is 0 Å². The van der Waals surface area contributed by atoms with E-state index in [0.717, 1.165) is 0 Å². The molecule has 0 saturated heterocycles. The van der Waals surface area contributed by atoms with Gasteiger partial charge in [0.1, 0.15) is 0 Å². The molecule has 0 aromatic rings. The van der Waals surface area contributed by atoms with Crippen molar-refractivity contribution < 1.29 is 4.79 Å². The van der Waals surface area contributed by atoms with Crippen LogP contribution in [0.3, 0.4) is 0 Å². The van der Waals surface area contributed by atoms with Crippen LogP contribution in [0.15, 0.2) is 24.3 Å². The zero-order valence-corrected chi connectivity index (χ0v) is 10.0. The predicted octanol–water partition coefficient (Wildman–Crippen LogP) is 1.02. The molecule has 3 N–H and O–H groups in total. The Labute approximate surface area is 95.8 Å². The van der Waals surface area contributed by atoms with Crippen molar-refractivity contribution >= 4 is 23.2 Å². The van der Waals surface area contributed by atoms with Gasteiger partial charge >= 0.3 is 0 Å². The molecule has 15 heavy (non-hydrogen) atoms. The van der Waals surface area contributed by atoms with Crippen molar-refractivity contribution in [3.8, 4) is 0 Å². The van der Waals surface area contributed by atoms with E-state index >= 15 is 0 Å². The quantitative estimate of drug-likeness (QED) is 0.292. The lowest BCUT2D eigenvalue weighted by Gasteiger charge is -2.12. The average Bonchev–Trinajstić information content (AvgIpc) is 2.14. The molecule has 0 radical (unpaired) electrons. The summed E-state index contributed by atoms with van der Waals surface area (Å²) in [6.45, 7) is 5.80. The number of thiocarbonyl (C=S) groups is 1. The van der Waals surface area contributed by atoms with Crippen molar-refractivity contribution in [3.63, 3.8) is 0 Å². The fourth-order valence-electron chi connectivity index (χ4n) is 0.712. The summed E-state index contributed by atoms with van der Waals surface area (Å²) in [7, 11) is 0. The minimum Gasteiger partial charge on any atom is -0.359 e. The molecule has 84 valence electrons. The first-order valence-electron chi connectivity index (χ1n) is 4.72. The second kappa shape index (κ2) is 7.99. The molecule has 0 spiro atoms. The lowest BCUT2D eigenvalue weighted by Crippen LogP contribution is -2.48. The molecule has 0 saturated carbocycles. The van der Waals surface area contributed by atoms with Gasteiger partial charge in [-0.1, -0.05) is 18.2 Å². The molecule has 0 aliphatic rings. The van der Waals surface area contributed by atoms with Crippen molar-refractivity contribution in [2.24, 2.45) is 0 Å². The molecule has 0 heterocycles. The van der Waals surface area contributed by atoms with Crippen molar-refractivity contribution in [1.82, 2.24) is 16.2 Å². The first-order chi connectivity index (χ1) is 7.06. The number of nitrogens with one attached hydrogen (secondary N) is 3. The van der Waals surface area contributed by atoms with Gasteiger partial charge in [-0.15, -0.1) is 0 Å². The summed E-state index contributed by atoms with van der Waals surface area (Å²) < 4.78 is 0. The molecular formula is C10H17N3OS. The van der Waals surface area contributed by atoms with Crippen molar-refractivity contribution in [3.05, 3.63) is 24.3 Å². The molecule has 0 atom stereocenters. The van der Waals surface area contributed by atoms with E-state index in [-0.39, 0.29) is 11.9 Å². The maximum absolute atomic E-state index is 11.1. The van der Waals surface area contributed by atoms with Crippen LogP contribution in [0.5, 0.6) is 0 Å². The molecule has 0 rings (SSSR count). The standard InChI is InChI=1S/C10H17N3OS/c1-4-5-6-7-9(14)12-13-10(15)11-8(2)3/h4-8H,1-3H3,(H,12,14)(H2,11,13,15)/b5-4+,7-6+. The van der Waals surface area contributed by atoms with Gasteiger partial charge in [-0.05, 0) is 33.0 Å². The molecule has 0 bridgehead atoms. The third-order valence-corrected chi connectivity index (χ3v) is 1.49. The van der Waals surface area contributed by atoms with E-state index in [0.29, 0.717) is 5.11 Å². The molecule has 0 aliphatic carbocycles. The Kier molecular flexibility index (Phi) is 7.27. The zero-order valence-electron chi connectivity index (χ0n) is 9.20. The largest absolute Gasteiger partial charge is 0.359 e. The highest BCUT2D eigenvalue weighted by Crippen LogP contribution is 1.77. The lowest BCUT2D eigenvalue weighted by atomic mass is 10.4. The normalized spacial score (nSPS) is 10.9. The second-order valence-corrected chi connectivity index (χ2v) is 3.54. The summed E-state index contributed by atoms with van der Waals surface area (Å²) in [5.74, 6) is -0.249. The molecule has 1 amide bonds. The smallest absolute Gasteiger partial charge is 0.262 e. The van der Waals surface area contributed by atoms with Crippen LogP contribution in [-0.4, -0.2) is 17.1 Å². The Balaban J connectivity index is 3.76. The summed E-state index contributed by atoms with van der Waals surface area (Å²) in [5.41, 5.74) is 5.02. The van der Waals surface area contributed by atoms with Gasteiger partial charge in [-0.25, -0.2) is 0 Å². The highest BCUT2D eigenvalue weighted by Gasteiger charge is 1.98. The topological polar surface area (TPSA) is 53.2 Å². The Bertz CT molecular complexity index is 272. The van der Waals surface area contributed by atoms with Gasteiger partial charge < -0.3 is 5.32 Å². The second-order valence-electron chi connectivity index (χ2n) is 3.13. The Hall–Kier alpha value is -1.36. The van der Waals surface area contributed by atoms with E-state index in [4.69, 9.17) is 12.2 Å². The van der Waals surface area contributed by atoms with Crippen LogP contribution in [0.1, 0.15) is 20.8 Å². The SMILES string of the molecule is C/C=C/C=C/C(=O)NNC(=S)NC(C)C. The van der Waals surface area contributed by atoms with Crippen LogP contribution in [0.2, 0.25) is 0 Å². The van der Waals surface area contributed by atoms with Crippen LogP contribution in [-0.2, 0) is 4.79 Å². The van der Waals surface area contributed by atoms with Crippen LogP contribution in [0.4, 0.5) is 0 Å².